The van der Waals surface area contributed by atoms with E-state index in [4.69, 9.17) is 4.74 Å². The molecule has 0 bridgehead atoms. The monoisotopic (exact) mass is 256 g/mol. The SMILES string of the molecule is CNC(COC(C)C)C1(N(C)C)CCC(C)CC1. The Morgan fingerprint density at radius 2 is 1.83 bits per heavy atom. The van der Waals surface area contributed by atoms with E-state index in [0.29, 0.717) is 12.1 Å². The van der Waals surface area contributed by atoms with Crippen LogP contribution in [-0.2, 0) is 4.74 Å². The fourth-order valence-corrected chi connectivity index (χ4v) is 3.17. The van der Waals surface area contributed by atoms with Gasteiger partial charge in [-0.3, -0.25) is 0 Å². The van der Waals surface area contributed by atoms with E-state index in [0.717, 1.165) is 12.5 Å². The molecule has 0 heterocycles. The molecule has 3 heteroatoms. The molecule has 108 valence electrons. The Morgan fingerprint density at radius 3 is 2.22 bits per heavy atom. The third-order valence-electron chi connectivity index (χ3n) is 4.62. The second-order valence-corrected chi connectivity index (χ2v) is 6.40. The van der Waals surface area contributed by atoms with Gasteiger partial charge >= 0.3 is 0 Å². The smallest absolute Gasteiger partial charge is 0.0641 e. The highest BCUT2D eigenvalue weighted by Gasteiger charge is 2.42. The molecular weight excluding hydrogens is 224 g/mol. The highest BCUT2D eigenvalue weighted by molar-refractivity contribution is 5.01. The Kier molecular flexibility index (Phi) is 6.09. The summed E-state index contributed by atoms with van der Waals surface area (Å²) < 4.78 is 5.86. The van der Waals surface area contributed by atoms with E-state index in [1.54, 1.807) is 0 Å². The van der Waals surface area contributed by atoms with Crippen LogP contribution in [0.3, 0.4) is 0 Å². The molecule has 0 saturated heterocycles. The van der Waals surface area contributed by atoms with Crippen LogP contribution in [0.15, 0.2) is 0 Å². The lowest BCUT2D eigenvalue weighted by molar-refractivity contribution is -0.0138. The van der Waals surface area contributed by atoms with E-state index in [9.17, 15) is 0 Å². The minimum absolute atomic E-state index is 0.260. The lowest BCUT2D eigenvalue weighted by Crippen LogP contribution is -2.61. The van der Waals surface area contributed by atoms with Gasteiger partial charge < -0.3 is 15.0 Å². The van der Waals surface area contributed by atoms with Crippen LogP contribution in [0.4, 0.5) is 0 Å². The molecule has 0 aromatic heterocycles. The van der Waals surface area contributed by atoms with Crippen LogP contribution in [0.25, 0.3) is 0 Å². The van der Waals surface area contributed by atoms with Gasteiger partial charge in [0.25, 0.3) is 0 Å². The zero-order valence-electron chi connectivity index (χ0n) is 13.1. The quantitative estimate of drug-likeness (QED) is 0.790. The van der Waals surface area contributed by atoms with Gasteiger partial charge in [0.2, 0.25) is 0 Å². The number of ether oxygens (including phenoxy) is 1. The second-order valence-electron chi connectivity index (χ2n) is 6.40. The predicted molar refractivity (Wildman–Crippen MR) is 78.0 cm³/mol. The molecule has 3 nitrogen and oxygen atoms in total. The molecule has 1 N–H and O–H groups in total. The van der Waals surface area contributed by atoms with Gasteiger partial charge in [-0.15, -0.1) is 0 Å². The fraction of sp³-hybridized carbons (Fsp3) is 1.00. The molecule has 0 spiro atoms. The molecule has 1 unspecified atom stereocenters. The molecule has 0 aromatic rings. The lowest BCUT2D eigenvalue weighted by Gasteiger charge is -2.49. The molecule has 1 aliphatic carbocycles. The summed E-state index contributed by atoms with van der Waals surface area (Å²) in [6.07, 6.45) is 5.51. The summed E-state index contributed by atoms with van der Waals surface area (Å²) >= 11 is 0. The van der Waals surface area contributed by atoms with Crippen LogP contribution < -0.4 is 5.32 Å². The fourth-order valence-electron chi connectivity index (χ4n) is 3.17. The third-order valence-corrected chi connectivity index (χ3v) is 4.62. The normalized spacial score (nSPS) is 31.0. The molecule has 0 aliphatic heterocycles. The summed E-state index contributed by atoms with van der Waals surface area (Å²) in [6.45, 7) is 7.40. The van der Waals surface area contributed by atoms with Gasteiger partial charge in [0.05, 0.1) is 12.7 Å². The van der Waals surface area contributed by atoms with Crippen molar-refractivity contribution in [3.63, 3.8) is 0 Å². The van der Waals surface area contributed by atoms with E-state index >= 15 is 0 Å². The first-order chi connectivity index (χ1) is 8.42. The number of likely N-dealkylation sites (N-methyl/N-ethyl adjacent to an activating group) is 2. The largest absolute Gasteiger partial charge is 0.377 e. The average Bonchev–Trinajstić information content (AvgIpc) is 2.31. The Morgan fingerprint density at radius 1 is 1.28 bits per heavy atom. The number of nitrogens with zero attached hydrogens (tertiary/aromatic N) is 1. The van der Waals surface area contributed by atoms with E-state index in [2.05, 4.69) is 52.1 Å². The van der Waals surface area contributed by atoms with Gasteiger partial charge in [0.15, 0.2) is 0 Å². The topological polar surface area (TPSA) is 24.5 Å². The third kappa shape index (κ3) is 3.69. The van der Waals surface area contributed by atoms with E-state index in [-0.39, 0.29) is 5.54 Å². The maximum absolute atomic E-state index is 5.86. The van der Waals surface area contributed by atoms with Crippen molar-refractivity contribution in [2.75, 3.05) is 27.7 Å². The van der Waals surface area contributed by atoms with Gasteiger partial charge in [-0.2, -0.15) is 0 Å². The highest BCUT2D eigenvalue weighted by Crippen LogP contribution is 2.37. The van der Waals surface area contributed by atoms with Gasteiger partial charge in [0, 0.05) is 11.6 Å². The molecule has 18 heavy (non-hydrogen) atoms. The molecule has 0 amide bonds. The van der Waals surface area contributed by atoms with Crippen molar-refractivity contribution in [2.45, 2.75) is 64.1 Å². The van der Waals surface area contributed by atoms with Gasteiger partial charge in [-0.05, 0) is 66.6 Å². The first-order valence-corrected chi connectivity index (χ1v) is 7.38. The summed E-state index contributed by atoms with van der Waals surface area (Å²) in [7, 11) is 6.50. The summed E-state index contributed by atoms with van der Waals surface area (Å²) in [6, 6.07) is 0.419. The highest BCUT2D eigenvalue weighted by atomic mass is 16.5. The summed E-state index contributed by atoms with van der Waals surface area (Å²) in [5, 5.41) is 3.50. The first-order valence-electron chi connectivity index (χ1n) is 7.38. The van der Waals surface area contributed by atoms with Gasteiger partial charge in [0.1, 0.15) is 0 Å². The number of rotatable bonds is 6. The Bertz CT molecular complexity index is 233. The molecule has 1 aliphatic rings. The average molecular weight is 256 g/mol. The zero-order chi connectivity index (χ0) is 13.8. The summed E-state index contributed by atoms with van der Waals surface area (Å²) in [5.41, 5.74) is 0.260. The first kappa shape index (κ1) is 15.9. The van der Waals surface area contributed by atoms with Crippen molar-refractivity contribution < 1.29 is 4.74 Å². The number of nitrogens with one attached hydrogen (secondary N) is 1. The van der Waals surface area contributed by atoms with Crippen molar-refractivity contribution in [2.24, 2.45) is 5.92 Å². The number of hydrogen-bond acceptors (Lipinski definition) is 3. The van der Waals surface area contributed by atoms with Crippen molar-refractivity contribution >= 4 is 0 Å². The van der Waals surface area contributed by atoms with E-state index in [1.165, 1.54) is 25.7 Å². The van der Waals surface area contributed by atoms with Crippen LogP contribution in [-0.4, -0.2) is 50.3 Å². The molecule has 1 rings (SSSR count). The maximum atomic E-state index is 5.86. The molecule has 0 radical (unpaired) electrons. The Labute approximate surface area is 113 Å². The Balaban J connectivity index is 2.74. The lowest BCUT2D eigenvalue weighted by atomic mass is 9.72. The van der Waals surface area contributed by atoms with Crippen LogP contribution >= 0.6 is 0 Å². The number of hydrogen-bond donors (Lipinski definition) is 1. The Hall–Kier alpha value is -0.120. The second kappa shape index (κ2) is 6.88. The van der Waals surface area contributed by atoms with Crippen molar-refractivity contribution in [1.82, 2.24) is 10.2 Å². The van der Waals surface area contributed by atoms with Crippen molar-refractivity contribution in [3.8, 4) is 0 Å². The molecule has 1 fully saturated rings. The molecule has 1 saturated carbocycles. The molecule has 1 atom stereocenters. The minimum atomic E-state index is 0.260. The summed E-state index contributed by atoms with van der Waals surface area (Å²) in [5.74, 6) is 0.876. The predicted octanol–water partition coefficient (Wildman–Crippen LogP) is 2.51. The van der Waals surface area contributed by atoms with Crippen molar-refractivity contribution in [1.29, 1.82) is 0 Å². The maximum Gasteiger partial charge on any atom is 0.0641 e. The summed E-state index contributed by atoms with van der Waals surface area (Å²) in [4.78, 5) is 2.42. The standard InChI is InChI=1S/C15H32N2O/c1-12(2)18-11-14(16-4)15(17(5)6)9-7-13(3)8-10-15/h12-14,16H,7-11H2,1-6H3. The van der Waals surface area contributed by atoms with Crippen LogP contribution in [0, 0.1) is 5.92 Å². The van der Waals surface area contributed by atoms with E-state index < -0.39 is 0 Å². The van der Waals surface area contributed by atoms with E-state index in [1.807, 2.05) is 0 Å². The van der Waals surface area contributed by atoms with Crippen LogP contribution in [0.1, 0.15) is 46.5 Å². The molecule has 0 aromatic carbocycles. The van der Waals surface area contributed by atoms with Crippen molar-refractivity contribution in [3.05, 3.63) is 0 Å². The van der Waals surface area contributed by atoms with Crippen LogP contribution in [0.2, 0.25) is 0 Å². The zero-order valence-corrected chi connectivity index (χ0v) is 13.1. The minimum Gasteiger partial charge on any atom is -0.377 e. The van der Waals surface area contributed by atoms with Crippen LogP contribution in [0.5, 0.6) is 0 Å². The van der Waals surface area contributed by atoms with Gasteiger partial charge in [-0.25, -0.2) is 0 Å². The molecular formula is C15H32N2O. The van der Waals surface area contributed by atoms with Gasteiger partial charge in [-0.1, -0.05) is 6.92 Å².